The van der Waals surface area contributed by atoms with Crippen molar-refractivity contribution < 1.29 is 17.9 Å². The number of nitrogens with zero attached hydrogens (tertiary/aromatic N) is 3. The summed E-state index contributed by atoms with van der Waals surface area (Å²) in [5.74, 6) is 0.693. The first kappa shape index (κ1) is 28.1. The van der Waals surface area contributed by atoms with Crippen molar-refractivity contribution in [1.29, 1.82) is 0 Å². The lowest BCUT2D eigenvalue weighted by molar-refractivity contribution is -0.138. The van der Waals surface area contributed by atoms with Crippen LogP contribution in [0.1, 0.15) is 57.8 Å². The Morgan fingerprint density at radius 1 is 0.917 bits per heavy atom. The van der Waals surface area contributed by atoms with Crippen LogP contribution in [0.3, 0.4) is 0 Å². The van der Waals surface area contributed by atoms with Crippen molar-refractivity contribution in [2.24, 2.45) is 5.92 Å². The molecule has 3 saturated heterocycles. The molecule has 3 heterocycles. The molecule has 202 valence electrons. The number of hydrogen-bond acceptors (Lipinski definition) is 5. The third-order valence-electron chi connectivity index (χ3n) is 7.88. The molecular weight excluding hydrogens is 521 g/mol. The zero-order valence-electron chi connectivity index (χ0n) is 21.0. The summed E-state index contributed by atoms with van der Waals surface area (Å²) in [6.07, 6.45) is 9.78. The Labute approximate surface area is 226 Å². The summed E-state index contributed by atoms with van der Waals surface area (Å²) in [6.45, 7) is 5.86. The van der Waals surface area contributed by atoms with Crippen LogP contribution < -0.4 is 0 Å². The van der Waals surface area contributed by atoms with E-state index in [9.17, 15) is 13.2 Å². The van der Waals surface area contributed by atoms with E-state index in [-0.39, 0.29) is 35.1 Å². The molecule has 7 nitrogen and oxygen atoms in total. The molecule has 0 spiro atoms. The van der Waals surface area contributed by atoms with Gasteiger partial charge in [0.1, 0.15) is 6.61 Å². The van der Waals surface area contributed by atoms with Gasteiger partial charge in [-0.1, -0.05) is 36.0 Å². The highest BCUT2D eigenvalue weighted by atomic mass is 35.5. The Morgan fingerprint density at radius 3 is 2.36 bits per heavy atom. The maximum Gasteiger partial charge on any atom is 0.248 e. The average Bonchev–Trinajstić information content (AvgIpc) is 2.90. The van der Waals surface area contributed by atoms with Crippen LogP contribution in [0.15, 0.2) is 23.1 Å². The Hall–Kier alpha value is -0.900. The fourth-order valence-corrected chi connectivity index (χ4v) is 7.69. The van der Waals surface area contributed by atoms with E-state index in [0.29, 0.717) is 23.9 Å². The number of piperidine rings is 3. The summed E-state index contributed by atoms with van der Waals surface area (Å²) in [5, 5.41) is 0.530. The number of carbonyl (C=O) groups is 1. The van der Waals surface area contributed by atoms with E-state index in [1.165, 1.54) is 67.8 Å². The summed E-state index contributed by atoms with van der Waals surface area (Å²) in [4.78, 5) is 17.4. The topological polar surface area (TPSA) is 70.2 Å². The van der Waals surface area contributed by atoms with Gasteiger partial charge in [0.15, 0.2) is 0 Å². The van der Waals surface area contributed by atoms with Gasteiger partial charge in [-0.05, 0) is 88.7 Å². The SMILES string of the molecule is O=C(COCC1CCCCN1S(=O)(=O)c1ccc(Cl)c(Cl)c1)N1CCC(CCN2CCCCC2)CC1. The maximum absolute atomic E-state index is 13.3. The lowest BCUT2D eigenvalue weighted by Crippen LogP contribution is -2.47. The van der Waals surface area contributed by atoms with Gasteiger partial charge in [-0.3, -0.25) is 4.79 Å². The van der Waals surface area contributed by atoms with E-state index >= 15 is 0 Å². The largest absolute Gasteiger partial charge is 0.370 e. The fourth-order valence-electron chi connectivity index (χ4n) is 5.62. The summed E-state index contributed by atoms with van der Waals surface area (Å²) in [6, 6.07) is 4.08. The van der Waals surface area contributed by atoms with Crippen LogP contribution in [0, 0.1) is 5.92 Å². The Morgan fingerprint density at radius 2 is 1.64 bits per heavy atom. The van der Waals surface area contributed by atoms with Crippen molar-refractivity contribution in [3.63, 3.8) is 0 Å². The summed E-state index contributed by atoms with van der Waals surface area (Å²) >= 11 is 12.0. The van der Waals surface area contributed by atoms with Crippen molar-refractivity contribution in [2.45, 2.75) is 68.7 Å². The fraction of sp³-hybridized carbons (Fsp3) is 0.731. The van der Waals surface area contributed by atoms with E-state index in [0.717, 1.165) is 38.8 Å². The van der Waals surface area contributed by atoms with Crippen LogP contribution in [0.4, 0.5) is 0 Å². The summed E-state index contributed by atoms with van der Waals surface area (Å²) < 4.78 is 33.9. The lowest BCUT2D eigenvalue weighted by Gasteiger charge is -2.35. The highest BCUT2D eigenvalue weighted by molar-refractivity contribution is 7.89. The molecule has 1 atom stereocenters. The van der Waals surface area contributed by atoms with Crippen LogP contribution in [-0.4, -0.2) is 87.0 Å². The minimum Gasteiger partial charge on any atom is -0.370 e. The normalized spacial score (nSPS) is 23.2. The zero-order valence-corrected chi connectivity index (χ0v) is 23.4. The number of carbonyl (C=O) groups excluding carboxylic acids is 1. The van der Waals surface area contributed by atoms with Gasteiger partial charge in [-0.2, -0.15) is 4.31 Å². The van der Waals surface area contributed by atoms with Crippen LogP contribution in [0.2, 0.25) is 10.0 Å². The second kappa shape index (κ2) is 13.3. The van der Waals surface area contributed by atoms with Crippen LogP contribution in [-0.2, 0) is 19.6 Å². The molecule has 0 saturated carbocycles. The molecule has 3 fully saturated rings. The summed E-state index contributed by atoms with van der Waals surface area (Å²) in [5.41, 5.74) is 0. The summed E-state index contributed by atoms with van der Waals surface area (Å²) in [7, 11) is -3.73. The highest BCUT2D eigenvalue weighted by Gasteiger charge is 2.34. The van der Waals surface area contributed by atoms with Crippen LogP contribution >= 0.6 is 23.2 Å². The number of halogens is 2. The third-order valence-corrected chi connectivity index (χ3v) is 10.6. The van der Waals surface area contributed by atoms with Crippen molar-refractivity contribution in [1.82, 2.24) is 14.1 Å². The minimum atomic E-state index is -3.73. The number of ether oxygens (including phenoxy) is 1. The van der Waals surface area contributed by atoms with Crippen molar-refractivity contribution in [3.8, 4) is 0 Å². The molecule has 0 radical (unpaired) electrons. The van der Waals surface area contributed by atoms with Gasteiger partial charge < -0.3 is 14.5 Å². The second-order valence-electron chi connectivity index (χ2n) is 10.4. The van der Waals surface area contributed by atoms with Gasteiger partial charge in [0.05, 0.1) is 21.5 Å². The Balaban J connectivity index is 1.22. The molecular formula is C26H39Cl2N3O4S. The minimum absolute atomic E-state index is 0.000759. The molecule has 10 heteroatoms. The van der Waals surface area contributed by atoms with E-state index in [4.69, 9.17) is 27.9 Å². The molecule has 3 aliphatic heterocycles. The van der Waals surface area contributed by atoms with Crippen LogP contribution in [0.5, 0.6) is 0 Å². The van der Waals surface area contributed by atoms with Gasteiger partial charge in [0.2, 0.25) is 15.9 Å². The number of amides is 1. The van der Waals surface area contributed by atoms with E-state index in [1.54, 1.807) is 0 Å². The molecule has 0 aromatic heterocycles. The van der Waals surface area contributed by atoms with Crippen molar-refractivity contribution in [2.75, 3.05) is 52.5 Å². The standard InChI is InChI=1S/C26H39Cl2N3O4S/c27-24-8-7-23(18-25(24)28)36(33,34)31-14-5-2-6-22(31)19-35-20-26(32)30-16-10-21(11-17-30)9-15-29-12-3-1-4-13-29/h7-8,18,21-22H,1-6,9-17,19-20H2. The smallest absolute Gasteiger partial charge is 0.248 e. The van der Waals surface area contributed by atoms with Crippen molar-refractivity contribution >= 4 is 39.1 Å². The van der Waals surface area contributed by atoms with Crippen molar-refractivity contribution in [3.05, 3.63) is 28.2 Å². The van der Waals surface area contributed by atoms with Gasteiger partial charge in [0, 0.05) is 25.7 Å². The molecule has 1 aromatic carbocycles. The first-order chi connectivity index (χ1) is 17.3. The molecule has 0 aliphatic carbocycles. The molecule has 36 heavy (non-hydrogen) atoms. The van der Waals surface area contributed by atoms with E-state index < -0.39 is 10.0 Å². The maximum atomic E-state index is 13.3. The Kier molecular flexibility index (Phi) is 10.3. The van der Waals surface area contributed by atoms with E-state index in [1.807, 2.05) is 4.90 Å². The number of likely N-dealkylation sites (tertiary alicyclic amines) is 2. The van der Waals surface area contributed by atoms with Gasteiger partial charge in [-0.15, -0.1) is 0 Å². The van der Waals surface area contributed by atoms with Gasteiger partial charge >= 0.3 is 0 Å². The molecule has 1 aromatic rings. The molecule has 1 unspecified atom stereocenters. The number of benzene rings is 1. The number of hydrogen-bond donors (Lipinski definition) is 0. The number of rotatable bonds is 9. The van der Waals surface area contributed by atoms with E-state index in [2.05, 4.69) is 4.90 Å². The van der Waals surface area contributed by atoms with Gasteiger partial charge in [-0.25, -0.2) is 8.42 Å². The third kappa shape index (κ3) is 7.35. The molecule has 1 amide bonds. The molecule has 3 aliphatic rings. The molecule has 0 N–H and O–H groups in total. The first-order valence-electron chi connectivity index (χ1n) is 13.4. The highest BCUT2D eigenvalue weighted by Crippen LogP contribution is 2.30. The predicted molar refractivity (Wildman–Crippen MR) is 143 cm³/mol. The quantitative estimate of drug-likeness (QED) is 0.439. The van der Waals surface area contributed by atoms with Crippen LogP contribution in [0.25, 0.3) is 0 Å². The molecule has 0 bridgehead atoms. The zero-order chi connectivity index (χ0) is 25.5. The second-order valence-corrected chi connectivity index (χ2v) is 13.1. The van der Waals surface area contributed by atoms with Gasteiger partial charge in [0.25, 0.3) is 0 Å². The monoisotopic (exact) mass is 559 g/mol. The average molecular weight is 561 g/mol. The molecule has 4 rings (SSSR count). The Bertz CT molecular complexity index is 979. The predicted octanol–water partition coefficient (Wildman–Crippen LogP) is 4.67. The lowest BCUT2D eigenvalue weighted by atomic mass is 9.93. The number of sulfonamides is 1. The first-order valence-corrected chi connectivity index (χ1v) is 15.6.